The van der Waals surface area contributed by atoms with Gasteiger partial charge in [-0.1, -0.05) is 32.0 Å². The fourth-order valence-corrected chi connectivity index (χ4v) is 1.52. The smallest absolute Gasteiger partial charge is 0.230 e. The molecule has 0 saturated carbocycles. The maximum atomic E-state index is 11.9. The van der Waals surface area contributed by atoms with Crippen LogP contribution in [0.4, 0.5) is 5.69 Å². The molecule has 1 N–H and O–H groups in total. The Morgan fingerprint density at radius 3 is 2.25 bits per heavy atom. The van der Waals surface area contributed by atoms with Gasteiger partial charge in [-0.3, -0.25) is 9.59 Å². The summed E-state index contributed by atoms with van der Waals surface area (Å²) < 4.78 is 0. The summed E-state index contributed by atoms with van der Waals surface area (Å²) in [5.74, 6) is -0.109. The predicted molar refractivity (Wildman–Crippen MR) is 64.2 cm³/mol. The number of hydrogen-bond donors (Lipinski definition) is 1. The van der Waals surface area contributed by atoms with Crippen LogP contribution < -0.4 is 5.32 Å². The molecule has 1 aromatic carbocycles. The van der Waals surface area contributed by atoms with Crippen LogP contribution in [-0.4, -0.2) is 11.7 Å². The van der Waals surface area contributed by atoms with Crippen molar-refractivity contribution in [3.8, 4) is 0 Å². The molecule has 0 saturated heterocycles. The van der Waals surface area contributed by atoms with Crippen LogP contribution in [0.5, 0.6) is 0 Å². The number of anilines is 1. The zero-order chi connectivity index (χ0) is 12.2. The van der Waals surface area contributed by atoms with Crippen LogP contribution in [0.3, 0.4) is 0 Å². The summed E-state index contributed by atoms with van der Waals surface area (Å²) in [5.41, 5.74) is 0.0888. The molecule has 1 amide bonds. The van der Waals surface area contributed by atoms with Gasteiger partial charge in [0.05, 0.1) is 5.41 Å². The van der Waals surface area contributed by atoms with E-state index in [0.717, 1.165) is 5.69 Å². The highest BCUT2D eigenvalue weighted by molar-refractivity contribution is 5.97. The zero-order valence-corrected chi connectivity index (χ0v) is 9.91. The third-order valence-electron chi connectivity index (χ3n) is 2.34. The molecule has 0 aliphatic carbocycles. The van der Waals surface area contributed by atoms with E-state index in [4.69, 9.17) is 0 Å². The largest absolute Gasteiger partial charge is 0.326 e. The highest BCUT2D eigenvalue weighted by Crippen LogP contribution is 2.23. The van der Waals surface area contributed by atoms with E-state index < -0.39 is 5.41 Å². The molecule has 16 heavy (non-hydrogen) atoms. The standard InChI is InChI=1S/C13H17NO2/c1-10(15)9-13(2,3)12(16)14-11-7-5-4-6-8-11/h4-8H,9H2,1-3H3,(H,14,16). The molecule has 3 nitrogen and oxygen atoms in total. The van der Waals surface area contributed by atoms with Crippen LogP contribution in [0, 0.1) is 5.41 Å². The second-order valence-corrected chi connectivity index (χ2v) is 4.58. The van der Waals surface area contributed by atoms with E-state index in [2.05, 4.69) is 5.32 Å². The van der Waals surface area contributed by atoms with E-state index in [1.54, 1.807) is 13.8 Å². The Kier molecular flexibility index (Phi) is 3.82. The Balaban J connectivity index is 2.68. The SMILES string of the molecule is CC(=O)CC(C)(C)C(=O)Nc1ccccc1. The Labute approximate surface area is 95.9 Å². The Hall–Kier alpha value is -1.64. The second kappa shape index (κ2) is 4.92. The molecule has 0 aromatic heterocycles. The highest BCUT2D eigenvalue weighted by Gasteiger charge is 2.29. The molecule has 0 unspecified atom stereocenters. The summed E-state index contributed by atoms with van der Waals surface area (Å²) in [6.07, 6.45) is 0.256. The third kappa shape index (κ3) is 3.50. The molecule has 3 heteroatoms. The third-order valence-corrected chi connectivity index (χ3v) is 2.34. The van der Waals surface area contributed by atoms with Gasteiger partial charge in [-0.15, -0.1) is 0 Å². The summed E-state index contributed by atoms with van der Waals surface area (Å²) >= 11 is 0. The lowest BCUT2D eigenvalue weighted by molar-refractivity contribution is -0.129. The molecule has 0 bridgehead atoms. The fraction of sp³-hybridized carbons (Fsp3) is 0.385. The Morgan fingerprint density at radius 2 is 1.75 bits per heavy atom. The minimum Gasteiger partial charge on any atom is -0.326 e. The van der Waals surface area contributed by atoms with E-state index in [1.165, 1.54) is 6.92 Å². The number of ketones is 1. The average Bonchev–Trinajstić information content (AvgIpc) is 2.17. The van der Waals surface area contributed by atoms with Gasteiger partial charge in [0.25, 0.3) is 0 Å². The lowest BCUT2D eigenvalue weighted by atomic mass is 9.86. The first-order chi connectivity index (χ1) is 7.42. The molecule has 0 heterocycles. The van der Waals surface area contributed by atoms with Gasteiger partial charge in [-0.05, 0) is 19.1 Å². The first-order valence-corrected chi connectivity index (χ1v) is 5.28. The minimum atomic E-state index is -0.665. The Morgan fingerprint density at radius 1 is 1.19 bits per heavy atom. The van der Waals surface area contributed by atoms with Crippen LogP contribution in [0.2, 0.25) is 0 Å². The average molecular weight is 219 g/mol. The predicted octanol–water partition coefficient (Wildman–Crippen LogP) is 2.63. The van der Waals surface area contributed by atoms with Crippen LogP contribution in [0.1, 0.15) is 27.2 Å². The minimum absolute atomic E-state index is 0.0215. The van der Waals surface area contributed by atoms with Gasteiger partial charge in [-0.2, -0.15) is 0 Å². The second-order valence-electron chi connectivity index (χ2n) is 4.58. The van der Waals surface area contributed by atoms with Crippen molar-refractivity contribution in [1.82, 2.24) is 0 Å². The van der Waals surface area contributed by atoms with Crippen molar-refractivity contribution in [2.24, 2.45) is 5.41 Å². The topological polar surface area (TPSA) is 46.2 Å². The van der Waals surface area contributed by atoms with Crippen LogP contribution >= 0.6 is 0 Å². The molecule has 0 aliphatic rings. The molecule has 0 fully saturated rings. The number of rotatable bonds is 4. The van der Waals surface area contributed by atoms with Gasteiger partial charge in [0.2, 0.25) is 5.91 Å². The van der Waals surface area contributed by atoms with Crippen molar-refractivity contribution >= 4 is 17.4 Å². The van der Waals surface area contributed by atoms with Crippen molar-refractivity contribution in [2.45, 2.75) is 27.2 Å². The number of Topliss-reactive ketones (excluding diaryl/α,β-unsaturated/α-hetero) is 1. The summed E-state index contributed by atoms with van der Waals surface area (Å²) in [4.78, 5) is 22.9. The Bertz CT molecular complexity index is 382. The zero-order valence-electron chi connectivity index (χ0n) is 9.91. The molecule has 1 rings (SSSR count). The number of para-hydroxylation sites is 1. The van der Waals surface area contributed by atoms with Gasteiger partial charge < -0.3 is 5.32 Å². The molecule has 0 aliphatic heterocycles. The van der Waals surface area contributed by atoms with Gasteiger partial charge in [0.1, 0.15) is 5.78 Å². The van der Waals surface area contributed by atoms with Crippen molar-refractivity contribution in [3.05, 3.63) is 30.3 Å². The maximum Gasteiger partial charge on any atom is 0.230 e. The van der Waals surface area contributed by atoms with Crippen molar-refractivity contribution in [2.75, 3.05) is 5.32 Å². The molecule has 0 atom stereocenters. The van der Waals surface area contributed by atoms with E-state index in [0.29, 0.717) is 0 Å². The molecule has 0 spiro atoms. The normalized spacial score (nSPS) is 10.9. The fourth-order valence-electron chi connectivity index (χ4n) is 1.52. The molecule has 0 radical (unpaired) electrons. The summed E-state index contributed by atoms with van der Waals surface area (Å²) in [6, 6.07) is 9.24. The van der Waals surface area contributed by atoms with Crippen LogP contribution in [0.15, 0.2) is 30.3 Å². The monoisotopic (exact) mass is 219 g/mol. The van der Waals surface area contributed by atoms with Gasteiger partial charge >= 0.3 is 0 Å². The first kappa shape index (κ1) is 12.4. The lowest BCUT2D eigenvalue weighted by Gasteiger charge is -2.22. The number of carbonyl (C=O) groups excluding carboxylic acids is 2. The molecular formula is C13H17NO2. The van der Waals surface area contributed by atoms with Gasteiger partial charge in [0.15, 0.2) is 0 Å². The van der Waals surface area contributed by atoms with E-state index >= 15 is 0 Å². The quantitative estimate of drug-likeness (QED) is 0.846. The first-order valence-electron chi connectivity index (χ1n) is 5.28. The van der Waals surface area contributed by atoms with Crippen molar-refractivity contribution in [1.29, 1.82) is 0 Å². The molecular weight excluding hydrogens is 202 g/mol. The lowest BCUT2D eigenvalue weighted by Crippen LogP contribution is -2.32. The van der Waals surface area contributed by atoms with E-state index in [1.807, 2.05) is 30.3 Å². The number of amides is 1. The van der Waals surface area contributed by atoms with Gasteiger partial charge in [-0.25, -0.2) is 0 Å². The summed E-state index contributed by atoms with van der Waals surface area (Å²) in [5, 5.41) is 2.80. The van der Waals surface area contributed by atoms with E-state index in [-0.39, 0.29) is 18.1 Å². The highest BCUT2D eigenvalue weighted by atomic mass is 16.2. The van der Waals surface area contributed by atoms with Crippen molar-refractivity contribution < 1.29 is 9.59 Å². The number of hydrogen-bond acceptors (Lipinski definition) is 2. The number of nitrogens with one attached hydrogen (secondary N) is 1. The van der Waals surface area contributed by atoms with Crippen LogP contribution in [0.25, 0.3) is 0 Å². The van der Waals surface area contributed by atoms with E-state index in [9.17, 15) is 9.59 Å². The van der Waals surface area contributed by atoms with Crippen LogP contribution in [-0.2, 0) is 9.59 Å². The molecule has 86 valence electrons. The van der Waals surface area contributed by atoms with Crippen molar-refractivity contribution in [3.63, 3.8) is 0 Å². The summed E-state index contributed by atoms with van der Waals surface area (Å²) in [6.45, 7) is 5.04. The maximum absolute atomic E-state index is 11.9. The number of benzene rings is 1. The number of carbonyl (C=O) groups is 2. The molecule has 1 aromatic rings. The summed E-state index contributed by atoms with van der Waals surface area (Å²) in [7, 11) is 0. The van der Waals surface area contributed by atoms with Gasteiger partial charge in [0, 0.05) is 12.1 Å².